The van der Waals surface area contributed by atoms with E-state index in [0.29, 0.717) is 23.1 Å². The van der Waals surface area contributed by atoms with E-state index >= 15 is 0 Å². The summed E-state index contributed by atoms with van der Waals surface area (Å²) in [6, 6.07) is 7.61. The lowest BCUT2D eigenvalue weighted by Gasteiger charge is -2.15. The van der Waals surface area contributed by atoms with Crippen LogP contribution in [0.5, 0.6) is 11.5 Å². The number of nitrogens with one attached hydrogen (secondary N) is 1. The molecule has 1 atom stereocenters. The van der Waals surface area contributed by atoms with E-state index in [1.807, 2.05) is 45.0 Å². The number of esters is 1. The van der Waals surface area contributed by atoms with Crippen LogP contribution in [-0.4, -0.2) is 29.8 Å². The van der Waals surface area contributed by atoms with Crippen molar-refractivity contribution in [2.45, 2.75) is 45.7 Å². The first-order chi connectivity index (χ1) is 13.4. The standard InChI is InChI=1S/C21H24N2O5/c1-12-8-17(14(3)23(12)16-5-6-16)21(25)26-10-20(24)22-13(2)15-4-7-18-19(9-15)28-11-27-18/h4,7-9,13,16H,5-6,10-11H2,1-3H3,(H,22,24). The molecule has 1 aromatic heterocycles. The maximum Gasteiger partial charge on any atom is 0.340 e. The fourth-order valence-corrected chi connectivity index (χ4v) is 3.64. The predicted molar refractivity (Wildman–Crippen MR) is 102 cm³/mol. The first-order valence-corrected chi connectivity index (χ1v) is 9.48. The minimum Gasteiger partial charge on any atom is -0.454 e. The molecule has 1 fully saturated rings. The smallest absolute Gasteiger partial charge is 0.340 e. The summed E-state index contributed by atoms with van der Waals surface area (Å²) in [5.74, 6) is 0.538. The highest BCUT2D eigenvalue weighted by atomic mass is 16.7. The van der Waals surface area contributed by atoms with E-state index in [-0.39, 0.29) is 25.3 Å². The molecule has 1 N–H and O–H groups in total. The van der Waals surface area contributed by atoms with Crippen LogP contribution in [0.1, 0.15) is 59.2 Å². The topological polar surface area (TPSA) is 78.8 Å². The number of nitrogens with zero attached hydrogens (tertiary/aromatic N) is 1. The van der Waals surface area contributed by atoms with Gasteiger partial charge in [-0.15, -0.1) is 0 Å². The molecule has 0 saturated heterocycles. The van der Waals surface area contributed by atoms with E-state index < -0.39 is 5.97 Å². The molecular formula is C21H24N2O5. The van der Waals surface area contributed by atoms with E-state index in [4.69, 9.17) is 14.2 Å². The van der Waals surface area contributed by atoms with Gasteiger partial charge >= 0.3 is 5.97 Å². The average Bonchev–Trinajstić information content (AvgIpc) is 3.30. The number of carbonyl (C=O) groups is 2. The summed E-state index contributed by atoms with van der Waals surface area (Å²) >= 11 is 0. The molecule has 0 bridgehead atoms. The Bertz CT molecular complexity index is 929. The highest BCUT2D eigenvalue weighted by molar-refractivity contribution is 5.92. The molecular weight excluding hydrogens is 360 g/mol. The van der Waals surface area contributed by atoms with Crippen molar-refractivity contribution in [1.82, 2.24) is 9.88 Å². The van der Waals surface area contributed by atoms with Crippen LogP contribution in [0.2, 0.25) is 0 Å². The molecule has 1 aliphatic heterocycles. The van der Waals surface area contributed by atoms with Crippen LogP contribution < -0.4 is 14.8 Å². The third kappa shape index (κ3) is 3.56. The number of aryl methyl sites for hydroxylation is 1. The second-order valence-corrected chi connectivity index (χ2v) is 7.36. The van der Waals surface area contributed by atoms with Gasteiger partial charge in [-0.2, -0.15) is 0 Å². The molecule has 2 aliphatic rings. The van der Waals surface area contributed by atoms with Gasteiger partial charge < -0.3 is 24.1 Å². The molecule has 0 spiro atoms. The fourth-order valence-electron chi connectivity index (χ4n) is 3.64. The molecule has 2 heterocycles. The number of benzene rings is 1. The van der Waals surface area contributed by atoms with Crippen molar-refractivity contribution in [2.24, 2.45) is 0 Å². The number of carbonyl (C=O) groups excluding carboxylic acids is 2. The largest absolute Gasteiger partial charge is 0.454 e. The minimum absolute atomic E-state index is 0.205. The van der Waals surface area contributed by atoms with Gasteiger partial charge in [-0.25, -0.2) is 4.79 Å². The summed E-state index contributed by atoms with van der Waals surface area (Å²) in [6.45, 7) is 5.66. The number of ether oxygens (including phenoxy) is 3. The minimum atomic E-state index is -0.467. The van der Waals surface area contributed by atoms with Gasteiger partial charge in [-0.3, -0.25) is 4.79 Å². The lowest BCUT2D eigenvalue weighted by Crippen LogP contribution is -2.31. The molecule has 1 aromatic carbocycles. The summed E-state index contributed by atoms with van der Waals surface area (Å²) < 4.78 is 18.1. The molecule has 1 unspecified atom stereocenters. The lowest BCUT2D eigenvalue weighted by atomic mass is 10.1. The SMILES string of the molecule is Cc1cc(C(=O)OCC(=O)NC(C)c2ccc3c(c2)OCO3)c(C)n1C1CC1. The van der Waals surface area contributed by atoms with E-state index in [2.05, 4.69) is 9.88 Å². The van der Waals surface area contributed by atoms with Gasteiger partial charge in [0.25, 0.3) is 5.91 Å². The molecule has 1 saturated carbocycles. The maximum absolute atomic E-state index is 12.4. The predicted octanol–water partition coefficient (Wildman–Crippen LogP) is 3.20. The van der Waals surface area contributed by atoms with Gasteiger partial charge in [0.2, 0.25) is 6.79 Å². The number of amides is 1. The van der Waals surface area contributed by atoms with Crippen molar-refractivity contribution in [1.29, 1.82) is 0 Å². The summed E-state index contributed by atoms with van der Waals surface area (Å²) in [7, 11) is 0. The molecule has 2 aromatic rings. The lowest BCUT2D eigenvalue weighted by molar-refractivity contribution is -0.124. The van der Waals surface area contributed by atoms with Crippen LogP contribution in [0.15, 0.2) is 24.3 Å². The third-order valence-corrected chi connectivity index (χ3v) is 5.22. The quantitative estimate of drug-likeness (QED) is 0.774. The van der Waals surface area contributed by atoms with Gasteiger partial charge in [0.05, 0.1) is 11.6 Å². The Balaban J connectivity index is 1.33. The summed E-state index contributed by atoms with van der Waals surface area (Å²) in [5, 5.41) is 2.84. The Morgan fingerprint density at radius 1 is 1.21 bits per heavy atom. The van der Waals surface area contributed by atoms with Gasteiger partial charge in [0.15, 0.2) is 18.1 Å². The second kappa shape index (κ2) is 7.22. The molecule has 28 heavy (non-hydrogen) atoms. The van der Waals surface area contributed by atoms with Gasteiger partial charge in [-0.1, -0.05) is 6.07 Å². The van der Waals surface area contributed by atoms with Crippen LogP contribution in [0.3, 0.4) is 0 Å². The van der Waals surface area contributed by atoms with Gasteiger partial charge in [0, 0.05) is 17.4 Å². The molecule has 7 heteroatoms. The van der Waals surface area contributed by atoms with Gasteiger partial charge in [-0.05, 0) is 57.4 Å². The monoisotopic (exact) mass is 384 g/mol. The van der Waals surface area contributed by atoms with E-state index in [1.54, 1.807) is 0 Å². The highest BCUT2D eigenvalue weighted by Gasteiger charge is 2.29. The zero-order valence-corrected chi connectivity index (χ0v) is 16.3. The van der Waals surface area contributed by atoms with E-state index in [1.165, 1.54) is 0 Å². The van der Waals surface area contributed by atoms with E-state index in [9.17, 15) is 9.59 Å². The first kappa shape index (κ1) is 18.4. The zero-order valence-electron chi connectivity index (χ0n) is 16.3. The summed E-state index contributed by atoms with van der Waals surface area (Å²) in [5.41, 5.74) is 3.37. The van der Waals surface area contributed by atoms with Crippen molar-refractivity contribution >= 4 is 11.9 Å². The van der Waals surface area contributed by atoms with Crippen molar-refractivity contribution in [3.8, 4) is 11.5 Å². The normalized spacial score (nSPS) is 16.0. The third-order valence-electron chi connectivity index (χ3n) is 5.22. The molecule has 148 valence electrons. The number of rotatable bonds is 6. The number of aromatic nitrogens is 1. The Hall–Kier alpha value is -2.96. The highest BCUT2D eigenvalue weighted by Crippen LogP contribution is 2.38. The van der Waals surface area contributed by atoms with Crippen LogP contribution >= 0.6 is 0 Å². The van der Waals surface area contributed by atoms with Crippen molar-refractivity contribution in [3.63, 3.8) is 0 Å². The second-order valence-electron chi connectivity index (χ2n) is 7.36. The number of hydrogen-bond acceptors (Lipinski definition) is 5. The van der Waals surface area contributed by atoms with Gasteiger partial charge in [0.1, 0.15) is 0 Å². The van der Waals surface area contributed by atoms with Crippen LogP contribution in [0, 0.1) is 13.8 Å². The Morgan fingerprint density at radius 2 is 1.96 bits per heavy atom. The fraction of sp³-hybridized carbons (Fsp3) is 0.429. The summed E-state index contributed by atoms with van der Waals surface area (Å²) in [6.07, 6.45) is 2.29. The average molecular weight is 384 g/mol. The van der Waals surface area contributed by atoms with Crippen LogP contribution in [0.4, 0.5) is 0 Å². The Labute approximate surface area is 163 Å². The van der Waals surface area contributed by atoms with E-state index in [0.717, 1.165) is 29.8 Å². The molecule has 1 aliphatic carbocycles. The molecule has 7 nitrogen and oxygen atoms in total. The molecule has 0 radical (unpaired) electrons. The van der Waals surface area contributed by atoms with Crippen molar-refractivity contribution in [3.05, 3.63) is 46.8 Å². The number of fused-ring (bicyclic) bond motifs is 1. The van der Waals surface area contributed by atoms with Crippen LogP contribution in [0.25, 0.3) is 0 Å². The van der Waals surface area contributed by atoms with Crippen molar-refractivity contribution < 1.29 is 23.8 Å². The molecule has 1 amide bonds. The Morgan fingerprint density at radius 3 is 2.71 bits per heavy atom. The Kier molecular flexibility index (Phi) is 4.75. The number of hydrogen-bond donors (Lipinski definition) is 1. The molecule has 4 rings (SSSR count). The summed E-state index contributed by atoms with van der Waals surface area (Å²) in [4.78, 5) is 24.6. The zero-order chi connectivity index (χ0) is 19.8. The maximum atomic E-state index is 12.4. The first-order valence-electron chi connectivity index (χ1n) is 9.48. The van der Waals surface area contributed by atoms with Crippen molar-refractivity contribution in [2.75, 3.05) is 13.4 Å². The van der Waals surface area contributed by atoms with Crippen LogP contribution in [-0.2, 0) is 9.53 Å².